The van der Waals surface area contributed by atoms with Gasteiger partial charge in [0.15, 0.2) is 5.84 Å². The number of allylic oxidation sites excluding steroid dienone is 1. The Morgan fingerprint density at radius 3 is 1.39 bits per heavy atom. The summed E-state index contributed by atoms with van der Waals surface area (Å²) in [6, 6.07) is 47.3. The summed E-state index contributed by atoms with van der Waals surface area (Å²) in [5, 5.41) is 0. The van der Waals surface area contributed by atoms with Gasteiger partial charge in [0.05, 0.1) is 33.7 Å². The van der Waals surface area contributed by atoms with Crippen molar-refractivity contribution in [2.45, 2.75) is 12.4 Å². The summed E-state index contributed by atoms with van der Waals surface area (Å²) in [5.41, 5.74) is 5.85. The largest absolute Gasteiger partial charge is 0.416 e. The number of nitrogens with zero attached hydrogens (tertiary/aromatic N) is 2. The maximum atomic E-state index is 13.4. The molecule has 1 N–H and O–H groups in total. The van der Waals surface area contributed by atoms with Crippen molar-refractivity contribution >= 4 is 22.9 Å². The van der Waals surface area contributed by atoms with Gasteiger partial charge in [0.2, 0.25) is 0 Å². The Bertz CT molecular complexity index is 2850. The first-order chi connectivity index (χ1) is 28.5. The number of amidine groups is 1. The first-order valence-electron chi connectivity index (χ1n) is 18.3. The lowest BCUT2D eigenvalue weighted by Crippen LogP contribution is -2.04. The normalized spacial score (nSPS) is 13.4. The SMILES string of the molecule is FC(F)(F)c1ccc(C#CC2=C(c3ccccc3)/C(=N/c3[nH]c(-c4ccccc4)c(C#Cc4ccc(C(F)(F)F)cc4)c3-c3ccccc3)N=C2c2ccccc2)cc1. The van der Waals surface area contributed by atoms with Crippen LogP contribution in [0.2, 0.25) is 0 Å². The molecule has 0 saturated heterocycles. The predicted octanol–water partition coefficient (Wildman–Crippen LogP) is 12.8. The van der Waals surface area contributed by atoms with E-state index in [0.717, 1.165) is 46.5 Å². The molecule has 0 bridgehead atoms. The van der Waals surface area contributed by atoms with E-state index in [1.807, 2.05) is 121 Å². The van der Waals surface area contributed by atoms with E-state index >= 15 is 0 Å². The van der Waals surface area contributed by atoms with Gasteiger partial charge >= 0.3 is 12.4 Å². The van der Waals surface area contributed by atoms with Crippen molar-refractivity contribution < 1.29 is 26.3 Å². The van der Waals surface area contributed by atoms with E-state index < -0.39 is 23.5 Å². The molecule has 8 rings (SSSR count). The number of halogens is 6. The van der Waals surface area contributed by atoms with Gasteiger partial charge in [0, 0.05) is 27.8 Å². The topological polar surface area (TPSA) is 40.5 Å². The van der Waals surface area contributed by atoms with Crippen LogP contribution in [-0.2, 0) is 12.4 Å². The fourth-order valence-electron chi connectivity index (χ4n) is 6.60. The molecule has 7 aromatic rings. The second-order valence-corrected chi connectivity index (χ2v) is 13.4. The zero-order chi connectivity index (χ0) is 41.0. The number of rotatable bonds is 5. The number of hydrogen-bond acceptors (Lipinski definition) is 1. The third-order valence-corrected chi connectivity index (χ3v) is 9.45. The monoisotopic (exact) mass is 785 g/mol. The molecule has 59 heavy (non-hydrogen) atoms. The summed E-state index contributed by atoms with van der Waals surface area (Å²) in [6.07, 6.45) is -8.96. The Hall–Kier alpha value is -7.62. The van der Waals surface area contributed by atoms with Gasteiger partial charge in [-0.05, 0) is 65.2 Å². The molecule has 286 valence electrons. The maximum Gasteiger partial charge on any atom is 0.416 e. The van der Waals surface area contributed by atoms with E-state index in [1.54, 1.807) is 0 Å². The van der Waals surface area contributed by atoms with Gasteiger partial charge in [-0.15, -0.1) is 0 Å². The number of benzene rings is 6. The van der Waals surface area contributed by atoms with E-state index in [1.165, 1.54) is 24.3 Å². The van der Waals surface area contributed by atoms with Crippen molar-refractivity contribution in [2.75, 3.05) is 0 Å². The molecular weight excluding hydrogens is 757 g/mol. The van der Waals surface area contributed by atoms with Crippen molar-refractivity contribution in [3.63, 3.8) is 0 Å². The molecule has 9 heteroatoms. The summed E-state index contributed by atoms with van der Waals surface area (Å²) < 4.78 is 80.2. The molecule has 0 radical (unpaired) electrons. The highest BCUT2D eigenvalue weighted by molar-refractivity contribution is 6.42. The van der Waals surface area contributed by atoms with Crippen LogP contribution < -0.4 is 0 Å². The van der Waals surface area contributed by atoms with Crippen molar-refractivity contribution in [1.29, 1.82) is 0 Å². The molecule has 0 amide bonds. The van der Waals surface area contributed by atoms with E-state index in [2.05, 4.69) is 28.7 Å². The highest BCUT2D eigenvalue weighted by atomic mass is 19.4. The summed E-state index contributed by atoms with van der Waals surface area (Å²) in [7, 11) is 0. The fraction of sp³-hybridized carbons (Fsp3) is 0.0400. The number of hydrogen-bond donors (Lipinski definition) is 1. The van der Waals surface area contributed by atoms with Gasteiger partial charge in [-0.1, -0.05) is 145 Å². The zero-order valence-corrected chi connectivity index (χ0v) is 30.8. The zero-order valence-electron chi connectivity index (χ0n) is 30.8. The molecule has 1 aromatic heterocycles. The average molecular weight is 786 g/mol. The Labute approximate surface area is 336 Å². The number of H-pyrrole nitrogens is 1. The number of alkyl halides is 6. The lowest BCUT2D eigenvalue weighted by atomic mass is 9.95. The highest BCUT2D eigenvalue weighted by Crippen LogP contribution is 2.42. The average Bonchev–Trinajstić information content (AvgIpc) is 3.80. The molecule has 2 heterocycles. The van der Waals surface area contributed by atoms with Crippen LogP contribution in [0.4, 0.5) is 32.2 Å². The molecule has 1 aliphatic heterocycles. The quantitative estimate of drug-likeness (QED) is 0.133. The minimum Gasteiger partial charge on any atom is -0.338 e. The third kappa shape index (κ3) is 8.41. The van der Waals surface area contributed by atoms with Crippen LogP contribution in [0.5, 0.6) is 0 Å². The van der Waals surface area contributed by atoms with Gasteiger partial charge < -0.3 is 4.98 Å². The molecule has 0 unspecified atom stereocenters. The highest BCUT2D eigenvalue weighted by Gasteiger charge is 2.31. The number of aliphatic imine (C=N–C) groups is 2. The first-order valence-corrected chi connectivity index (χ1v) is 18.3. The second kappa shape index (κ2) is 16.1. The van der Waals surface area contributed by atoms with Crippen LogP contribution in [0.25, 0.3) is 28.0 Å². The molecule has 0 atom stereocenters. The third-order valence-electron chi connectivity index (χ3n) is 9.45. The first kappa shape index (κ1) is 38.3. The molecule has 0 aliphatic carbocycles. The Balaban J connectivity index is 1.37. The van der Waals surface area contributed by atoms with Crippen molar-refractivity contribution in [2.24, 2.45) is 9.98 Å². The van der Waals surface area contributed by atoms with Gasteiger partial charge in [0.1, 0.15) is 5.82 Å². The van der Waals surface area contributed by atoms with Gasteiger partial charge in [-0.2, -0.15) is 26.3 Å². The Morgan fingerprint density at radius 1 is 0.458 bits per heavy atom. The van der Waals surface area contributed by atoms with Crippen molar-refractivity contribution in [3.05, 3.63) is 214 Å². The maximum absolute atomic E-state index is 13.4. The minimum absolute atomic E-state index is 0.326. The second-order valence-electron chi connectivity index (χ2n) is 13.4. The fourth-order valence-corrected chi connectivity index (χ4v) is 6.60. The molecule has 3 nitrogen and oxygen atoms in total. The van der Waals surface area contributed by atoms with Crippen LogP contribution in [0, 0.1) is 23.7 Å². The Kier molecular flexibility index (Phi) is 10.4. The van der Waals surface area contributed by atoms with Crippen LogP contribution >= 0.6 is 0 Å². The summed E-state index contributed by atoms with van der Waals surface area (Å²) in [6.45, 7) is 0. The van der Waals surface area contributed by atoms with Crippen molar-refractivity contribution in [3.8, 4) is 46.1 Å². The smallest absolute Gasteiger partial charge is 0.338 e. The molecular formula is C50H29F6N3. The van der Waals surface area contributed by atoms with Gasteiger partial charge in [-0.25, -0.2) is 9.98 Å². The van der Waals surface area contributed by atoms with Crippen LogP contribution in [0.3, 0.4) is 0 Å². The summed E-state index contributed by atoms with van der Waals surface area (Å²) in [5.74, 6) is 13.4. The number of aromatic nitrogens is 1. The van der Waals surface area contributed by atoms with E-state index in [0.29, 0.717) is 56.5 Å². The number of aromatic amines is 1. The number of nitrogens with one attached hydrogen (secondary N) is 1. The lowest BCUT2D eigenvalue weighted by molar-refractivity contribution is -0.138. The summed E-state index contributed by atoms with van der Waals surface area (Å²) >= 11 is 0. The molecule has 1 aliphatic rings. The Morgan fingerprint density at radius 2 is 0.898 bits per heavy atom. The van der Waals surface area contributed by atoms with Gasteiger partial charge in [0.25, 0.3) is 0 Å². The lowest BCUT2D eigenvalue weighted by Gasteiger charge is -2.07. The molecule has 0 spiro atoms. The van der Waals surface area contributed by atoms with Gasteiger partial charge in [-0.3, -0.25) is 0 Å². The van der Waals surface area contributed by atoms with Crippen molar-refractivity contribution in [1.82, 2.24) is 4.98 Å². The summed E-state index contributed by atoms with van der Waals surface area (Å²) in [4.78, 5) is 13.9. The molecule has 0 saturated carbocycles. The van der Waals surface area contributed by atoms with E-state index in [4.69, 9.17) is 9.98 Å². The standard InChI is InChI=1S/C50H29F6N3/c51-49(52,53)39-27-21-33(22-28-39)25-31-41-43(35-13-5-1-6-14-35)47(57-45(41)37-17-9-3-10-18-37)59-48-44(36-15-7-2-8-16-36)42(46(58-48)38-19-11-4-12-20-38)32-26-34-23-29-40(30-24-34)50(54,55)56/h1-24,27-30,57H/b59-48-. The predicted molar refractivity (Wildman–Crippen MR) is 221 cm³/mol. The molecule has 6 aromatic carbocycles. The minimum atomic E-state index is -4.48. The van der Waals surface area contributed by atoms with Crippen LogP contribution in [0.15, 0.2) is 185 Å². The molecule has 0 fully saturated rings. The van der Waals surface area contributed by atoms with E-state index in [-0.39, 0.29) is 0 Å². The van der Waals surface area contributed by atoms with E-state index in [9.17, 15) is 26.3 Å². The van der Waals surface area contributed by atoms with Crippen LogP contribution in [-0.4, -0.2) is 16.5 Å². The van der Waals surface area contributed by atoms with Crippen LogP contribution in [0.1, 0.15) is 38.9 Å².